The molecule has 2 atom stereocenters. The molecule has 2 heterocycles. The maximum Gasteiger partial charge on any atom is 0.351 e. The number of fused-ring (bicyclic) bond motifs is 1. The number of carbonyl (C=O) groups is 2. The van der Waals surface area contributed by atoms with Gasteiger partial charge in [0.1, 0.15) is 18.7 Å². The van der Waals surface area contributed by atoms with Crippen molar-refractivity contribution >= 4 is 17.3 Å². The van der Waals surface area contributed by atoms with E-state index in [1.54, 1.807) is 36.4 Å². The maximum atomic E-state index is 13.3. The molecule has 26 heavy (non-hydrogen) atoms. The van der Waals surface area contributed by atoms with Crippen molar-refractivity contribution in [2.75, 3.05) is 6.54 Å². The first kappa shape index (κ1) is 16.2. The Kier molecular flexibility index (Phi) is 3.71. The number of amides is 1. The lowest BCUT2D eigenvalue weighted by Gasteiger charge is -2.31. The van der Waals surface area contributed by atoms with Crippen LogP contribution >= 0.6 is 0 Å². The van der Waals surface area contributed by atoms with Gasteiger partial charge in [-0.1, -0.05) is 42.5 Å². The van der Waals surface area contributed by atoms with Crippen molar-refractivity contribution in [3.8, 4) is 6.07 Å². The molecule has 2 aromatic rings. The zero-order valence-electron chi connectivity index (χ0n) is 14.1. The van der Waals surface area contributed by atoms with Gasteiger partial charge in [0.15, 0.2) is 17.6 Å². The molecule has 0 radical (unpaired) electrons. The number of hydrogen-bond donors (Lipinski definition) is 1. The van der Waals surface area contributed by atoms with Crippen LogP contribution < -0.4 is 0 Å². The highest BCUT2D eigenvalue weighted by molar-refractivity contribution is 6.19. The van der Waals surface area contributed by atoms with Crippen LogP contribution in [0.4, 0.5) is 0 Å². The molecule has 1 saturated heterocycles. The summed E-state index contributed by atoms with van der Waals surface area (Å²) in [4.78, 5) is 25.5. The molecule has 2 aliphatic heterocycles. The Balaban J connectivity index is 1.76. The third-order valence-corrected chi connectivity index (χ3v) is 5.28. The summed E-state index contributed by atoms with van der Waals surface area (Å²) in [6.07, 6.45) is 0.171. The summed E-state index contributed by atoms with van der Waals surface area (Å²) in [6, 6.07) is 17.6. The fourth-order valence-electron chi connectivity index (χ4n) is 4.05. The van der Waals surface area contributed by atoms with Gasteiger partial charge in [-0.05, 0) is 17.7 Å². The van der Waals surface area contributed by atoms with Crippen LogP contribution in [0.3, 0.4) is 0 Å². The molecule has 4 rings (SSSR count). The normalized spacial score (nSPS) is 24.7. The molecule has 128 valence electrons. The lowest BCUT2D eigenvalue weighted by atomic mass is 10.0. The molecule has 5 nitrogen and oxygen atoms in total. The minimum absolute atomic E-state index is 0.0145. The molecule has 0 saturated carbocycles. The van der Waals surface area contributed by atoms with Crippen molar-refractivity contribution in [2.45, 2.75) is 19.0 Å². The van der Waals surface area contributed by atoms with Gasteiger partial charge in [0.25, 0.3) is 0 Å². The summed E-state index contributed by atoms with van der Waals surface area (Å²) in [5, 5.41) is 19.7. The molecule has 1 N–H and O–H groups in total. The third-order valence-electron chi connectivity index (χ3n) is 5.28. The number of benzene rings is 2. The van der Waals surface area contributed by atoms with E-state index < -0.39 is 6.04 Å². The lowest BCUT2D eigenvalue weighted by molar-refractivity contribution is -0.865. The molecule has 0 aliphatic carbocycles. The van der Waals surface area contributed by atoms with E-state index in [2.05, 4.69) is 6.07 Å². The molecule has 2 aromatic carbocycles. The minimum Gasteiger partial charge on any atom is -0.506 e. The molecule has 5 heteroatoms. The van der Waals surface area contributed by atoms with E-state index in [4.69, 9.17) is 5.26 Å². The van der Waals surface area contributed by atoms with Crippen molar-refractivity contribution in [3.63, 3.8) is 0 Å². The first-order valence-corrected chi connectivity index (χ1v) is 8.46. The maximum absolute atomic E-state index is 13.3. The Hall–Kier alpha value is -3.23. The van der Waals surface area contributed by atoms with Gasteiger partial charge in [0.05, 0.1) is 18.1 Å². The summed E-state index contributed by atoms with van der Waals surface area (Å²) >= 11 is 0. The smallest absolute Gasteiger partial charge is 0.351 e. The van der Waals surface area contributed by atoms with Crippen LogP contribution in [0.25, 0.3) is 5.57 Å². The van der Waals surface area contributed by atoms with Gasteiger partial charge < -0.3 is 5.11 Å². The highest BCUT2D eigenvalue weighted by Crippen LogP contribution is 2.43. The van der Waals surface area contributed by atoms with Crippen molar-refractivity contribution in [2.24, 2.45) is 0 Å². The molecular formula is C21H17N2O3+. The Bertz CT molecular complexity index is 971. The lowest BCUT2D eigenvalue weighted by Crippen LogP contribution is -2.52. The second-order valence-corrected chi connectivity index (χ2v) is 6.85. The van der Waals surface area contributed by atoms with Crippen molar-refractivity contribution in [1.82, 2.24) is 0 Å². The highest BCUT2D eigenvalue weighted by Gasteiger charge is 2.61. The van der Waals surface area contributed by atoms with E-state index in [0.717, 1.165) is 5.56 Å². The average Bonchev–Trinajstić information content (AvgIpc) is 3.08. The monoisotopic (exact) mass is 345 g/mol. The highest BCUT2D eigenvalue weighted by atomic mass is 16.3. The Morgan fingerprint density at radius 1 is 1.08 bits per heavy atom. The summed E-state index contributed by atoms with van der Waals surface area (Å²) in [7, 11) is 0. The molecule has 1 amide bonds. The molecular weight excluding hydrogens is 328 g/mol. The van der Waals surface area contributed by atoms with Gasteiger partial charge in [0, 0.05) is 5.56 Å². The molecule has 1 unspecified atom stereocenters. The Labute approximate surface area is 151 Å². The third kappa shape index (κ3) is 2.35. The number of nitrogens with zero attached hydrogens (tertiary/aromatic N) is 2. The number of hydrogen-bond acceptors (Lipinski definition) is 4. The quantitative estimate of drug-likeness (QED) is 0.868. The molecule has 1 fully saturated rings. The van der Waals surface area contributed by atoms with E-state index in [9.17, 15) is 14.7 Å². The van der Waals surface area contributed by atoms with Gasteiger partial charge in [-0.2, -0.15) is 5.26 Å². The van der Waals surface area contributed by atoms with Crippen LogP contribution in [0.2, 0.25) is 0 Å². The van der Waals surface area contributed by atoms with Crippen LogP contribution in [-0.4, -0.2) is 33.9 Å². The van der Waals surface area contributed by atoms with Crippen LogP contribution in [0.1, 0.15) is 23.1 Å². The first-order valence-electron chi connectivity index (χ1n) is 8.46. The van der Waals surface area contributed by atoms with Gasteiger partial charge in [0.2, 0.25) is 0 Å². The van der Waals surface area contributed by atoms with Crippen LogP contribution in [0.5, 0.6) is 0 Å². The predicted molar refractivity (Wildman–Crippen MR) is 94.4 cm³/mol. The zero-order chi connectivity index (χ0) is 18.3. The van der Waals surface area contributed by atoms with Gasteiger partial charge in [-0.25, -0.2) is 9.28 Å². The standard InChI is InChI=1S/C21H16N2O3/c22-11-14-6-8-15(9-7-14)12-23-13-17(24)10-18(23)20(25)19(21(23)26)16-4-2-1-3-5-16/h1-9,18H,10,12-13H2/p+1/t18-,23?/m1/s1. The largest absolute Gasteiger partial charge is 0.506 e. The van der Waals surface area contributed by atoms with Gasteiger partial charge in [-0.15, -0.1) is 0 Å². The Morgan fingerprint density at radius 3 is 2.42 bits per heavy atom. The Morgan fingerprint density at radius 2 is 1.77 bits per heavy atom. The zero-order valence-corrected chi connectivity index (χ0v) is 14.1. The number of quaternary nitrogens is 1. The average molecular weight is 345 g/mol. The summed E-state index contributed by atoms with van der Waals surface area (Å²) in [5.74, 6) is -0.217. The molecule has 0 aromatic heterocycles. The van der Waals surface area contributed by atoms with E-state index in [1.807, 2.05) is 18.2 Å². The summed E-state index contributed by atoms with van der Waals surface area (Å²) < 4.78 is -0.0964. The number of aliphatic hydroxyl groups is 1. The van der Waals surface area contributed by atoms with Crippen molar-refractivity contribution < 1.29 is 19.2 Å². The van der Waals surface area contributed by atoms with E-state index in [1.165, 1.54) is 0 Å². The second kappa shape index (κ2) is 5.94. The van der Waals surface area contributed by atoms with Crippen LogP contribution in [-0.2, 0) is 16.1 Å². The number of Topliss-reactive ketones (excluding diaryl/α,β-unsaturated/α-hetero) is 1. The number of ketones is 1. The molecule has 0 bridgehead atoms. The van der Waals surface area contributed by atoms with E-state index in [-0.39, 0.29) is 34.9 Å². The number of rotatable bonds is 3. The van der Waals surface area contributed by atoms with E-state index >= 15 is 0 Å². The molecule has 2 aliphatic rings. The molecule has 0 spiro atoms. The minimum atomic E-state index is -0.527. The van der Waals surface area contributed by atoms with Gasteiger partial charge >= 0.3 is 5.91 Å². The van der Waals surface area contributed by atoms with Crippen LogP contribution in [0.15, 0.2) is 60.4 Å². The number of carbonyl (C=O) groups excluding carboxylic acids is 2. The van der Waals surface area contributed by atoms with Crippen LogP contribution in [0, 0.1) is 11.3 Å². The number of aliphatic hydroxyl groups excluding tert-OH is 1. The van der Waals surface area contributed by atoms with Crippen molar-refractivity contribution in [3.05, 3.63) is 77.0 Å². The topological polar surface area (TPSA) is 78.2 Å². The number of nitriles is 1. The fraction of sp³-hybridized carbons (Fsp3) is 0.190. The SMILES string of the molecule is N#Cc1ccc(C[N+]23CC(=O)C[C@@H]2C(O)=C(c2ccccc2)C3=O)cc1. The summed E-state index contributed by atoms with van der Waals surface area (Å²) in [6.45, 7) is 0.408. The summed E-state index contributed by atoms with van der Waals surface area (Å²) in [5.41, 5.74) is 2.39. The fourth-order valence-corrected chi connectivity index (χ4v) is 4.05. The predicted octanol–water partition coefficient (Wildman–Crippen LogP) is 2.73. The van der Waals surface area contributed by atoms with Gasteiger partial charge in [-0.3, -0.25) is 4.79 Å². The first-order chi connectivity index (χ1) is 12.5. The second-order valence-electron chi connectivity index (χ2n) is 6.85. The van der Waals surface area contributed by atoms with E-state index in [0.29, 0.717) is 23.2 Å². The van der Waals surface area contributed by atoms with Crippen molar-refractivity contribution in [1.29, 1.82) is 5.26 Å².